The topological polar surface area (TPSA) is 30.0 Å². The van der Waals surface area contributed by atoms with Crippen molar-refractivity contribution in [2.24, 2.45) is 0 Å². The number of benzene rings is 3. The number of carbonyl (C=O) groups excluding carboxylic acids is 1. The van der Waals surface area contributed by atoms with E-state index in [1.54, 1.807) is 0 Å². The summed E-state index contributed by atoms with van der Waals surface area (Å²) < 4.78 is 0. The molecule has 0 saturated carbocycles. The minimum Gasteiger partial charge on any atom is -0.289 e. The second-order valence-corrected chi connectivity index (χ2v) is 5.26. The quantitative estimate of drug-likeness (QED) is 0.479. The molecule has 2 nitrogen and oxygen atoms in total. The summed E-state index contributed by atoms with van der Waals surface area (Å²) in [5, 5.41) is 1.20. The number of rotatable bonds is 2. The van der Waals surface area contributed by atoms with E-state index in [-0.39, 0.29) is 5.78 Å². The summed E-state index contributed by atoms with van der Waals surface area (Å²) in [7, 11) is 0. The van der Waals surface area contributed by atoms with Gasteiger partial charge in [0.1, 0.15) is 0 Å². The van der Waals surface area contributed by atoms with E-state index in [4.69, 9.17) is 0 Å². The molecule has 0 aliphatic rings. The van der Waals surface area contributed by atoms with Gasteiger partial charge >= 0.3 is 0 Å². The highest BCUT2D eigenvalue weighted by atomic mass is 16.1. The van der Waals surface area contributed by atoms with Crippen molar-refractivity contribution in [1.82, 2.24) is 4.98 Å². The molecule has 0 atom stereocenters. The molecule has 0 radical (unpaired) electrons. The van der Waals surface area contributed by atoms with E-state index < -0.39 is 0 Å². The van der Waals surface area contributed by atoms with Crippen LogP contribution in [0, 0.1) is 0 Å². The van der Waals surface area contributed by atoms with Gasteiger partial charge in [0.05, 0.1) is 5.52 Å². The second-order valence-electron chi connectivity index (χ2n) is 5.26. The second kappa shape index (κ2) is 7.84. The molecule has 0 unspecified atom stereocenters. The zero-order valence-corrected chi connectivity index (χ0v) is 13.2. The SMILES string of the molecule is O=C(c1ccccc1)c1ccccc1.c1ccc2ncccc2c1. The molecule has 1 aromatic heterocycles. The Hall–Kier alpha value is -3.26. The van der Waals surface area contributed by atoms with Crippen molar-refractivity contribution in [3.8, 4) is 0 Å². The fourth-order valence-electron chi connectivity index (χ4n) is 2.36. The Bertz CT molecular complexity index is 811. The van der Waals surface area contributed by atoms with E-state index in [1.165, 1.54) is 5.39 Å². The lowest BCUT2D eigenvalue weighted by Crippen LogP contribution is -1.99. The first-order chi connectivity index (χ1) is 11.8. The Morgan fingerprint density at radius 2 is 1.08 bits per heavy atom. The molecule has 0 N–H and O–H groups in total. The molecule has 0 spiro atoms. The number of hydrogen-bond acceptors (Lipinski definition) is 2. The first kappa shape index (κ1) is 15.6. The zero-order valence-electron chi connectivity index (χ0n) is 13.2. The summed E-state index contributed by atoms with van der Waals surface area (Å²) in [6.07, 6.45) is 1.81. The summed E-state index contributed by atoms with van der Waals surface area (Å²) in [6, 6.07) is 30.7. The number of hydrogen-bond donors (Lipinski definition) is 0. The van der Waals surface area contributed by atoms with E-state index in [9.17, 15) is 4.79 Å². The molecule has 0 saturated heterocycles. The Balaban J connectivity index is 0.000000149. The van der Waals surface area contributed by atoms with Crippen LogP contribution in [0.3, 0.4) is 0 Å². The molecular weight excluding hydrogens is 294 g/mol. The Labute approximate surface area is 141 Å². The molecule has 0 fully saturated rings. The maximum atomic E-state index is 11.8. The van der Waals surface area contributed by atoms with Crippen molar-refractivity contribution in [3.05, 3.63) is 114 Å². The Morgan fingerprint density at radius 1 is 0.583 bits per heavy atom. The van der Waals surface area contributed by atoms with Gasteiger partial charge in [-0.05, 0) is 12.1 Å². The van der Waals surface area contributed by atoms with Gasteiger partial charge in [-0.2, -0.15) is 0 Å². The number of ketones is 1. The van der Waals surface area contributed by atoms with Gasteiger partial charge in [-0.3, -0.25) is 9.78 Å². The number of aromatic nitrogens is 1. The largest absolute Gasteiger partial charge is 0.289 e. The minimum absolute atomic E-state index is 0.0752. The van der Waals surface area contributed by atoms with Crippen LogP contribution in [0.15, 0.2) is 103 Å². The van der Waals surface area contributed by atoms with E-state index in [2.05, 4.69) is 17.1 Å². The Kier molecular flexibility index (Phi) is 5.10. The molecule has 0 aliphatic heterocycles. The molecule has 1 heterocycles. The molecule has 4 aromatic rings. The maximum absolute atomic E-state index is 11.8. The fourth-order valence-corrected chi connectivity index (χ4v) is 2.36. The van der Waals surface area contributed by atoms with Crippen LogP contribution in [-0.4, -0.2) is 10.8 Å². The lowest BCUT2D eigenvalue weighted by molar-refractivity contribution is 0.103. The van der Waals surface area contributed by atoms with E-state index in [0.717, 1.165) is 16.6 Å². The predicted molar refractivity (Wildman–Crippen MR) is 98.1 cm³/mol. The number of nitrogens with zero attached hydrogens (tertiary/aromatic N) is 1. The van der Waals surface area contributed by atoms with Crippen LogP contribution < -0.4 is 0 Å². The molecule has 3 aromatic carbocycles. The molecule has 0 bridgehead atoms. The van der Waals surface area contributed by atoms with Crippen LogP contribution in [0.2, 0.25) is 0 Å². The summed E-state index contributed by atoms with van der Waals surface area (Å²) in [4.78, 5) is 16.0. The van der Waals surface area contributed by atoms with Crippen molar-refractivity contribution in [3.63, 3.8) is 0 Å². The highest BCUT2D eigenvalue weighted by Gasteiger charge is 2.06. The molecule has 0 aliphatic carbocycles. The highest BCUT2D eigenvalue weighted by Crippen LogP contribution is 2.09. The standard InChI is InChI=1S/C13H10O.C9H7N/c14-13(11-7-3-1-4-8-11)12-9-5-2-6-10-12;1-2-6-9-8(4-1)5-3-7-10-9/h1-10H;1-7H. The number of carbonyl (C=O) groups is 1. The van der Waals surface area contributed by atoms with Gasteiger partial charge in [0.2, 0.25) is 0 Å². The predicted octanol–water partition coefficient (Wildman–Crippen LogP) is 5.15. The van der Waals surface area contributed by atoms with Crippen molar-refractivity contribution in [2.75, 3.05) is 0 Å². The first-order valence-corrected chi connectivity index (χ1v) is 7.79. The lowest BCUT2D eigenvalue weighted by atomic mass is 10.0. The zero-order chi connectivity index (χ0) is 16.6. The van der Waals surface area contributed by atoms with Crippen LogP contribution in [0.25, 0.3) is 10.9 Å². The van der Waals surface area contributed by atoms with Gasteiger partial charge in [0.25, 0.3) is 0 Å². The van der Waals surface area contributed by atoms with Gasteiger partial charge in [-0.25, -0.2) is 0 Å². The van der Waals surface area contributed by atoms with Gasteiger partial charge in [0.15, 0.2) is 5.78 Å². The summed E-state index contributed by atoms with van der Waals surface area (Å²) in [5.74, 6) is 0.0752. The molecule has 4 rings (SSSR count). The van der Waals surface area contributed by atoms with Gasteiger partial charge < -0.3 is 0 Å². The van der Waals surface area contributed by atoms with Crippen LogP contribution in [0.5, 0.6) is 0 Å². The number of para-hydroxylation sites is 1. The highest BCUT2D eigenvalue weighted by molar-refractivity contribution is 6.08. The smallest absolute Gasteiger partial charge is 0.193 e. The van der Waals surface area contributed by atoms with Crippen molar-refractivity contribution in [1.29, 1.82) is 0 Å². The Morgan fingerprint density at radius 3 is 1.67 bits per heavy atom. The van der Waals surface area contributed by atoms with E-state index in [0.29, 0.717) is 0 Å². The summed E-state index contributed by atoms with van der Waals surface area (Å²) >= 11 is 0. The van der Waals surface area contributed by atoms with Gasteiger partial charge in [-0.1, -0.05) is 84.9 Å². The molecule has 0 amide bonds. The number of pyridine rings is 1. The third-order valence-corrected chi connectivity index (χ3v) is 3.58. The van der Waals surface area contributed by atoms with Crippen LogP contribution in [0.4, 0.5) is 0 Å². The van der Waals surface area contributed by atoms with Gasteiger partial charge in [0, 0.05) is 22.7 Å². The third-order valence-electron chi connectivity index (χ3n) is 3.58. The number of fused-ring (bicyclic) bond motifs is 1. The monoisotopic (exact) mass is 311 g/mol. The van der Waals surface area contributed by atoms with E-state index in [1.807, 2.05) is 91.1 Å². The first-order valence-electron chi connectivity index (χ1n) is 7.79. The van der Waals surface area contributed by atoms with Crippen molar-refractivity contribution in [2.45, 2.75) is 0 Å². The van der Waals surface area contributed by atoms with E-state index >= 15 is 0 Å². The average molecular weight is 311 g/mol. The summed E-state index contributed by atoms with van der Waals surface area (Å²) in [5.41, 5.74) is 2.53. The van der Waals surface area contributed by atoms with Gasteiger partial charge in [-0.15, -0.1) is 0 Å². The normalized spacial score (nSPS) is 9.83. The van der Waals surface area contributed by atoms with Crippen LogP contribution in [-0.2, 0) is 0 Å². The third kappa shape index (κ3) is 3.93. The lowest BCUT2D eigenvalue weighted by Gasteiger charge is -1.99. The average Bonchev–Trinajstić information content (AvgIpc) is 2.69. The molecule has 116 valence electrons. The van der Waals surface area contributed by atoms with Crippen LogP contribution >= 0.6 is 0 Å². The maximum Gasteiger partial charge on any atom is 0.193 e. The fraction of sp³-hybridized carbons (Fsp3) is 0. The molecule has 24 heavy (non-hydrogen) atoms. The van der Waals surface area contributed by atoms with Crippen molar-refractivity contribution < 1.29 is 4.79 Å². The molecular formula is C22H17NO. The van der Waals surface area contributed by atoms with Crippen LogP contribution in [0.1, 0.15) is 15.9 Å². The minimum atomic E-state index is 0.0752. The summed E-state index contributed by atoms with van der Waals surface area (Å²) in [6.45, 7) is 0. The molecule has 2 heteroatoms. The van der Waals surface area contributed by atoms with Crippen molar-refractivity contribution >= 4 is 16.7 Å².